The third-order valence-corrected chi connectivity index (χ3v) is 2.35. The van der Waals surface area contributed by atoms with Crippen LogP contribution in [0.1, 0.15) is 18.1 Å². The van der Waals surface area contributed by atoms with E-state index in [1.165, 1.54) is 0 Å². The van der Waals surface area contributed by atoms with Crippen molar-refractivity contribution >= 4 is 11.6 Å². The van der Waals surface area contributed by atoms with Crippen molar-refractivity contribution in [1.29, 1.82) is 0 Å². The van der Waals surface area contributed by atoms with E-state index < -0.39 is 0 Å². The fraction of sp³-hybridized carbons (Fsp3) is 0.400. The zero-order valence-corrected chi connectivity index (χ0v) is 8.40. The Labute approximate surface area is 78.3 Å². The van der Waals surface area contributed by atoms with Crippen LogP contribution in [0.3, 0.4) is 0 Å². The van der Waals surface area contributed by atoms with E-state index in [2.05, 4.69) is 6.92 Å². The van der Waals surface area contributed by atoms with Gasteiger partial charge in [0.2, 0.25) is 0 Å². The first-order chi connectivity index (χ1) is 5.69. The normalized spacial score (nSPS) is 10.0. The molecule has 0 saturated heterocycles. The van der Waals surface area contributed by atoms with Crippen LogP contribution in [0.2, 0.25) is 5.02 Å². The zero-order chi connectivity index (χ0) is 9.14. The number of ether oxygens (including phenoxy) is 1. The zero-order valence-electron chi connectivity index (χ0n) is 7.65. The molecule has 0 amide bonds. The molecule has 1 aromatic carbocycles. The molecule has 1 nitrogen and oxygen atoms in total. The second kappa shape index (κ2) is 3.81. The van der Waals surface area contributed by atoms with Gasteiger partial charge in [-0.15, -0.1) is 0 Å². The van der Waals surface area contributed by atoms with E-state index in [0.717, 1.165) is 28.3 Å². The third kappa shape index (κ3) is 1.72. The minimum atomic E-state index is 0.813. The highest BCUT2D eigenvalue weighted by Gasteiger charge is 2.04. The second-order valence-electron chi connectivity index (χ2n) is 2.77. The molecular formula is C10H13ClO. The topological polar surface area (TPSA) is 9.23 Å². The van der Waals surface area contributed by atoms with Gasteiger partial charge in [-0.2, -0.15) is 0 Å². The highest BCUT2D eigenvalue weighted by atomic mass is 35.5. The van der Waals surface area contributed by atoms with Gasteiger partial charge in [0.1, 0.15) is 5.75 Å². The molecule has 0 aliphatic rings. The molecule has 0 atom stereocenters. The fourth-order valence-electron chi connectivity index (χ4n) is 1.16. The van der Waals surface area contributed by atoms with Gasteiger partial charge in [0.05, 0.1) is 7.11 Å². The smallest absolute Gasteiger partial charge is 0.122 e. The molecule has 0 saturated carbocycles. The van der Waals surface area contributed by atoms with Crippen LogP contribution in [0.5, 0.6) is 5.75 Å². The van der Waals surface area contributed by atoms with E-state index in [1.807, 2.05) is 19.1 Å². The summed E-state index contributed by atoms with van der Waals surface area (Å²) in [4.78, 5) is 0. The quantitative estimate of drug-likeness (QED) is 0.686. The molecule has 0 spiro atoms. The van der Waals surface area contributed by atoms with Crippen molar-refractivity contribution in [3.8, 4) is 5.75 Å². The predicted molar refractivity (Wildman–Crippen MR) is 52.1 cm³/mol. The van der Waals surface area contributed by atoms with Gasteiger partial charge in [-0.3, -0.25) is 0 Å². The molecule has 0 heterocycles. The number of methoxy groups -OCH3 is 1. The maximum atomic E-state index is 5.97. The molecule has 0 N–H and O–H groups in total. The highest BCUT2D eigenvalue weighted by Crippen LogP contribution is 2.26. The van der Waals surface area contributed by atoms with Gasteiger partial charge in [0.15, 0.2) is 0 Å². The average molecular weight is 185 g/mol. The lowest BCUT2D eigenvalue weighted by molar-refractivity contribution is 0.410. The summed E-state index contributed by atoms with van der Waals surface area (Å²) in [7, 11) is 1.68. The summed E-state index contributed by atoms with van der Waals surface area (Å²) in [6.07, 6.45) is 0.948. The van der Waals surface area contributed by atoms with Gasteiger partial charge in [0, 0.05) is 5.02 Å². The Kier molecular flexibility index (Phi) is 2.99. The van der Waals surface area contributed by atoms with Gasteiger partial charge in [0.25, 0.3) is 0 Å². The van der Waals surface area contributed by atoms with Gasteiger partial charge in [-0.1, -0.05) is 18.5 Å². The lowest BCUT2D eigenvalue weighted by Gasteiger charge is -2.08. The van der Waals surface area contributed by atoms with Crippen LogP contribution in [0.4, 0.5) is 0 Å². The molecule has 0 bridgehead atoms. The molecule has 0 radical (unpaired) electrons. The number of hydrogen-bond acceptors (Lipinski definition) is 1. The molecule has 0 fully saturated rings. The summed E-state index contributed by atoms with van der Waals surface area (Å²) in [5.41, 5.74) is 2.22. The van der Waals surface area contributed by atoms with Crippen molar-refractivity contribution in [3.63, 3.8) is 0 Å². The first kappa shape index (κ1) is 9.40. The Hall–Kier alpha value is -0.690. The van der Waals surface area contributed by atoms with E-state index in [1.54, 1.807) is 7.11 Å². The lowest BCUT2D eigenvalue weighted by Crippen LogP contribution is -1.91. The van der Waals surface area contributed by atoms with Crippen LogP contribution in [0, 0.1) is 6.92 Å². The maximum Gasteiger partial charge on any atom is 0.122 e. The Morgan fingerprint density at radius 2 is 2.08 bits per heavy atom. The lowest BCUT2D eigenvalue weighted by atomic mass is 10.1. The van der Waals surface area contributed by atoms with Crippen LogP contribution < -0.4 is 4.74 Å². The van der Waals surface area contributed by atoms with E-state index in [-0.39, 0.29) is 0 Å². The Morgan fingerprint density at radius 1 is 1.42 bits per heavy atom. The highest BCUT2D eigenvalue weighted by molar-refractivity contribution is 6.31. The number of hydrogen-bond donors (Lipinski definition) is 0. The van der Waals surface area contributed by atoms with Crippen molar-refractivity contribution in [2.24, 2.45) is 0 Å². The van der Waals surface area contributed by atoms with Crippen LogP contribution in [0.15, 0.2) is 12.1 Å². The van der Waals surface area contributed by atoms with Crippen molar-refractivity contribution in [3.05, 3.63) is 28.3 Å². The molecule has 12 heavy (non-hydrogen) atoms. The Morgan fingerprint density at radius 3 is 2.58 bits per heavy atom. The number of halogens is 1. The molecule has 0 unspecified atom stereocenters. The van der Waals surface area contributed by atoms with E-state index in [9.17, 15) is 0 Å². The molecule has 1 aromatic rings. The first-order valence-electron chi connectivity index (χ1n) is 4.02. The van der Waals surface area contributed by atoms with Gasteiger partial charge >= 0.3 is 0 Å². The number of aryl methyl sites for hydroxylation is 2. The van der Waals surface area contributed by atoms with Crippen molar-refractivity contribution in [1.82, 2.24) is 0 Å². The van der Waals surface area contributed by atoms with Crippen molar-refractivity contribution < 1.29 is 4.74 Å². The van der Waals surface area contributed by atoms with Crippen LogP contribution in [-0.4, -0.2) is 7.11 Å². The monoisotopic (exact) mass is 184 g/mol. The van der Waals surface area contributed by atoms with Gasteiger partial charge in [-0.05, 0) is 36.6 Å². The first-order valence-corrected chi connectivity index (χ1v) is 4.39. The molecule has 66 valence electrons. The van der Waals surface area contributed by atoms with Crippen LogP contribution in [-0.2, 0) is 6.42 Å². The van der Waals surface area contributed by atoms with Gasteiger partial charge in [-0.25, -0.2) is 0 Å². The Balaban J connectivity index is 3.19. The van der Waals surface area contributed by atoms with Crippen molar-refractivity contribution in [2.75, 3.05) is 7.11 Å². The molecule has 2 heteroatoms. The Bertz CT molecular complexity index is 252. The van der Waals surface area contributed by atoms with Crippen LogP contribution >= 0.6 is 11.6 Å². The molecule has 0 aliphatic heterocycles. The van der Waals surface area contributed by atoms with Gasteiger partial charge < -0.3 is 4.74 Å². The SMILES string of the molecule is CCc1cc(Cl)c(C)cc1OC. The predicted octanol–water partition coefficient (Wildman–Crippen LogP) is 3.22. The summed E-state index contributed by atoms with van der Waals surface area (Å²) < 4.78 is 5.21. The fourth-order valence-corrected chi connectivity index (χ4v) is 1.35. The molecular weight excluding hydrogens is 172 g/mol. The van der Waals surface area contributed by atoms with Crippen LogP contribution in [0.25, 0.3) is 0 Å². The number of benzene rings is 1. The molecule has 1 rings (SSSR count). The average Bonchev–Trinajstić information content (AvgIpc) is 2.09. The molecule has 0 aliphatic carbocycles. The largest absolute Gasteiger partial charge is 0.496 e. The summed E-state index contributed by atoms with van der Waals surface area (Å²) >= 11 is 5.97. The van der Waals surface area contributed by atoms with E-state index in [0.29, 0.717) is 0 Å². The summed E-state index contributed by atoms with van der Waals surface area (Å²) in [6.45, 7) is 4.06. The standard InChI is InChI=1S/C10H13ClO/c1-4-8-6-9(11)7(2)5-10(8)12-3/h5-6H,4H2,1-3H3. The summed E-state index contributed by atoms with van der Waals surface area (Å²) in [5, 5.41) is 0.813. The minimum Gasteiger partial charge on any atom is -0.496 e. The number of rotatable bonds is 2. The van der Waals surface area contributed by atoms with Crippen molar-refractivity contribution in [2.45, 2.75) is 20.3 Å². The van der Waals surface area contributed by atoms with E-state index >= 15 is 0 Å². The summed E-state index contributed by atoms with van der Waals surface area (Å²) in [5.74, 6) is 0.930. The van der Waals surface area contributed by atoms with E-state index in [4.69, 9.17) is 16.3 Å². The third-order valence-electron chi connectivity index (χ3n) is 1.94. The minimum absolute atomic E-state index is 0.813. The molecule has 0 aromatic heterocycles. The summed E-state index contributed by atoms with van der Waals surface area (Å²) in [6, 6.07) is 3.94. The maximum absolute atomic E-state index is 5.97. The second-order valence-corrected chi connectivity index (χ2v) is 3.17.